The van der Waals surface area contributed by atoms with Crippen molar-refractivity contribution in [2.24, 2.45) is 11.8 Å². The van der Waals surface area contributed by atoms with E-state index in [1.165, 1.54) is 12.8 Å². The highest BCUT2D eigenvalue weighted by atomic mass is 32.1. The molecule has 4 atom stereocenters. The van der Waals surface area contributed by atoms with E-state index in [4.69, 9.17) is 0 Å². The van der Waals surface area contributed by atoms with Crippen LogP contribution < -0.4 is 4.90 Å². The summed E-state index contributed by atoms with van der Waals surface area (Å²) in [6.07, 6.45) is 4.46. The van der Waals surface area contributed by atoms with E-state index in [1.54, 1.807) is 11.3 Å². The molecule has 2 aliphatic heterocycles. The molecule has 1 aromatic rings. The Morgan fingerprint density at radius 2 is 1.91 bits per heavy atom. The minimum Gasteiger partial charge on any atom is -0.391 e. The van der Waals surface area contributed by atoms with Crippen LogP contribution in [-0.2, 0) is 6.61 Å². The van der Waals surface area contributed by atoms with Crippen molar-refractivity contribution in [1.82, 2.24) is 9.88 Å². The van der Waals surface area contributed by atoms with E-state index in [1.807, 2.05) is 5.38 Å². The van der Waals surface area contributed by atoms with Crippen molar-refractivity contribution in [3.63, 3.8) is 0 Å². The highest BCUT2D eigenvalue weighted by Crippen LogP contribution is 2.41. The lowest BCUT2D eigenvalue weighted by Crippen LogP contribution is -2.48. The Balaban J connectivity index is 1.44. The Hall–Kier alpha value is -0.690. The Kier molecular flexibility index (Phi) is 4.11. The van der Waals surface area contributed by atoms with Gasteiger partial charge in [0.1, 0.15) is 0 Å². The second kappa shape index (κ2) is 6.07. The summed E-state index contributed by atoms with van der Waals surface area (Å²) >= 11 is 1.63. The van der Waals surface area contributed by atoms with Gasteiger partial charge >= 0.3 is 0 Å². The summed E-state index contributed by atoms with van der Waals surface area (Å²) in [6.45, 7) is 4.41. The first-order chi connectivity index (χ1) is 10.7. The molecule has 1 aliphatic carbocycles. The summed E-state index contributed by atoms with van der Waals surface area (Å²) in [7, 11) is 0. The average Bonchev–Trinajstić information content (AvgIpc) is 3.25. The number of rotatable bonds is 3. The summed E-state index contributed by atoms with van der Waals surface area (Å²) in [5.74, 6) is 1.27. The lowest BCUT2D eigenvalue weighted by molar-refractivity contribution is -0.000854. The molecule has 0 aromatic carbocycles. The molecule has 0 spiro atoms. The first-order valence-electron chi connectivity index (χ1n) is 8.47. The number of anilines is 1. The van der Waals surface area contributed by atoms with Crippen molar-refractivity contribution in [2.45, 2.75) is 44.4 Å². The summed E-state index contributed by atoms with van der Waals surface area (Å²) in [6, 6.07) is 0.369. The number of aromatic nitrogens is 1. The molecular formula is C16H25N3O2S. The molecule has 3 aliphatic rings. The van der Waals surface area contributed by atoms with Gasteiger partial charge in [-0.1, -0.05) is 0 Å². The van der Waals surface area contributed by atoms with Crippen molar-refractivity contribution in [2.75, 3.05) is 31.1 Å². The van der Waals surface area contributed by atoms with Gasteiger partial charge in [0.05, 0.1) is 18.4 Å². The lowest BCUT2D eigenvalue weighted by Gasteiger charge is -2.40. The zero-order valence-corrected chi connectivity index (χ0v) is 13.7. The highest BCUT2D eigenvalue weighted by Gasteiger charge is 2.44. The predicted molar refractivity (Wildman–Crippen MR) is 87.1 cm³/mol. The average molecular weight is 323 g/mol. The molecule has 5 nitrogen and oxygen atoms in total. The zero-order valence-electron chi connectivity index (χ0n) is 12.9. The van der Waals surface area contributed by atoms with Gasteiger partial charge in [0.2, 0.25) is 0 Å². The van der Waals surface area contributed by atoms with Crippen LogP contribution in [0.5, 0.6) is 0 Å². The molecule has 1 saturated carbocycles. The van der Waals surface area contributed by atoms with Crippen LogP contribution in [0.25, 0.3) is 0 Å². The van der Waals surface area contributed by atoms with Crippen LogP contribution in [0.15, 0.2) is 5.38 Å². The van der Waals surface area contributed by atoms with E-state index in [2.05, 4.69) is 14.8 Å². The number of aliphatic hydroxyl groups excluding tert-OH is 2. The molecule has 122 valence electrons. The fourth-order valence-corrected chi connectivity index (χ4v) is 5.38. The third-order valence-electron chi connectivity index (χ3n) is 5.69. The monoisotopic (exact) mass is 323 g/mol. The number of fused-ring (bicyclic) bond motifs is 1. The van der Waals surface area contributed by atoms with Gasteiger partial charge in [-0.05, 0) is 50.6 Å². The fourth-order valence-electron chi connectivity index (χ4n) is 4.54. The van der Waals surface area contributed by atoms with Crippen LogP contribution in [0.2, 0.25) is 0 Å². The minimum atomic E-state index is -0.163. The number of nitrogens with zero attached hydrogens (tertiary/aromatic N) is 3. The van der Waals surface area contributed by atoms with Gasteiger partial charge in [-0.2, -0.15) is 0 Å². The SMILES string of the molecule is OCc1csc(N2C[C@H]3C[C@@H](N4CCCC4)[C@H](O)C[C@H]3C2)n1. The molecule has 0 bridgehead atoms. The third-order valence-corrected chi connectivity index (χ3v) is 6.64. The molecule has 3 heterocycles. The van der Waals surface area contributed by atoms with E-state index in [9.17, 15) is 10.2 Å². The maximum atomic E-state index is 10.6. The van der Waals surface area contributed by atoms with E-state index >= 15 is 0 Å². The van der Waals surface area contributed by atoms with Gasteiger partial charge in [-0.25, -0.2) is 4.98 Å². The second-order valence-electron chi connectivity index (χ2n) is 7.05. The van der Waals surface area contributed by atoms with Gasteiger partial charge < -0.3 is 15.1 Å². The van der Waals surface area contributed by atoms with Crippen molar-refractivity contribution in [1.29, 1.82) is 0 Å². The number of hydrogen-bond acceptors (Lipinski definition) is 6. The summed E-state index contributed by atoms with van der Waals surface area (Å²) in [4.78, 5) is 9.38. The fraction of sp³-hybridized carbons (Fsp3) is 0.812. The van der Waals surface area contributed by atoms with Gasteiger partial charge in [0, 0.05) is 24.5 Å². The van der Waals surface area contributed by atoms with Gasteiger partial charge in [0.25, 0.3) is 0 Å². The molecule has 1 aromatic heterocycles. The minimum absolute atomic E-state index is 0.0208. The van der Waals surface area contributed by atoms with Crippen LogP contribution in [0.4, 0.5) is 5.13 Å². The molecule has 0 amide bonds. The molecule has 2 N–H and O–H groups in total. The molecule has 22 heavy (non-hydrogen) atoms. The Morgan fingerprint density at radius 1 is 1.18 bits per heavy atom. The first-order valence-corrected chi connectivity index (χ1v) is 9.35. The van der Waals surface area contributed by atoms with Gasteiger partial charge in [-0.15, -0.1) is 11.3 Å². The van der Waals surface area contributed by atoms with Crippen molar-refractivity contribution in [3.05, 3.63) is 11.1 Å². The second-order valence-corrected chi connectivity index (χ2v) is 7.89. The molecule has 2 saturated heterocycles. The van der Waals surface area contributed by atoms with Gasteiger partial charge in [0.15, 0.2) is 5.13 Å². The molecular weight excluding hydrogens is 298 g/mol. The van der Waals surface area contributed by atoms with Crippen LogP contribution in [-0.4, -0.2) is 58.4 Å². The van der Waals surface area contributed by atoms with Crippen molar-refractivity contribution >= 4 is 16.5 Å². The van der Waals surface area contributed by atoms with E-state index in [0.29, 0.717) is 17.9 Å². The zero-order chi connectivity index (χ0) is 15.1. The molecule has 4 rings (SSSR count). The highest BCUT2D eigenvalue weighted by molar-refractivity contribution is 7.13. The maximum absolute atomic E-state index is 10.6. The smallest absolute Gasteiger partial charge is 0.185 e. The topological polar surface area (TPSA) is 59.8 Å². The lowest BCUT2D eigenvalue weighted by atomic mass is 9.77. The third kappa shape index (κ3) is 2.66. The summed E-state index contributed by atoms with van der Waals surface area (Å²) < 4.78 is 0. The van der Waals surface area contributed by atoms with Crippen LogP contribution >= 0.6 is 11.3 Å². The van der Waals surface area contributed by atoms with Crippen LogP contribution in [0.3, 0.4) is 0 Å². The Bertz CT molecular complexity index is 517. The number of thiazole rings is 1. The largest absolute Gasteiger partial charge is 0.391 e. The number of hydrogen-bond donors (Lipinski definition) is 2. The van der Waals surface area contributed by atoms with Crippen molar-refractivity contribution < 1.29 is 10.2 Å². The predicted octanol–water partition coefficient (Wildman–Crippen LogP) is 1.31. The maximum Gasteiger partial charge on any atom is 0.185 e. The Morgan fingerprint density at radius 3 is 2.59 bits per heavy atom. The van der Waals surface area contributed by atoms with E-state index < -0.39 is 0 Å². The first kappa shape index (κ1) is 14.9. The summed E-state index contributed by atoms with van der Waals surface area (Å²) in [5, 5.41) is 22.7. The number of likely N-dealkylation sites (tertiary alicyclic amines) is 1. The standard InChI is InChI=1S/C16H25N3O2S/c20-9-13-10-22-16(17-13)19-7-11-5-14(18-3-1-2-4-18)15(21)6-12(11)8-19/h10-12,14-15,20-21H,1-9H2/t11-,12+,14-,15-/m1/s1. The van der Waals surface area contributed by atoms with E-state index in [-0.39, 0.29) is 12.7 Å². The number of aliphatic hydroxyl groups is 2. The normalized spacial score (nSPS) is 36.0. The van der Waals surface area contributed by atoms with Crippen molar-refractivity contribution in [3.8, 4) is 0 Å². The molecule has 6 heteroatoms. The molecule has 0 radical (unpaired) electrons. The van der Waals surface area contributed by atoms with Crippen LogP contribution in [0, 0.1) is 11.8 Å². The molecule has 3 fully saturated rings. The van der Waals surface area contributed by atoms with Crippen LogP contribution in [0.1, 0.15) is 31.4 Å². The van der Waals surface area contributed by atoms with E-state index in [0.717, 1.165) is 49.8 Å². The Labute approximate surface area is 135 Å². The molecule has 0 unspecified atom stereocenters. The van der Waals surface area contributed by atoms with Gasteiger partial charge in [-0.3, -0.25) is 4.90 Å². The quantitative estimate of drug-likeness (QED) is 0.878. The summed E-state index contributed by atoms with van der Waals surface area (Å²) in [5.41, 5.74) is 0.768.